The third-order valence-corrected chi connectivity index (χ3v) is 2.19. The van der Waals surface area contributed by atoms with E-state index in [1.807, 2.05) is 0 Å². The zero-order chi connectivity index (χ0) is 9.68. The second-order valence-electron chi connectivity index (χ2n) is 3.33. The Morgan fingerprint density at radius 3 is 2.79 bits per heavy atom. The molecule has 1 aliphatic rings. The Morgan fingerprint density at radius 1 is 1.50 bits per heavy atom. The van der Waals surface area contributed by atoms with Gasteiger partial charge in [0.1, 0.15) is 0 Å². The maximum atomic E-state index is 11.6. The molecule has 0 saturated carbocycles. The van der Waals surface area contributed by atoms with E-state index in [4.69, 9.17) is 5.73 Å². The normalized spacial score (nSPS) is 23.6. The third-order valence-electron chi connectivity index (χ3n) is 2.19. The van der Waals surface area contributed by atoms with Crippen molar-refractivity contribution in [1.29, 1.82) is 0 Å². The summed E-state index contributed by atoms with van der Waals surface area (Å²) in [5.41, 5.74) is 5.73. The molecule has 0 radical (unpaired) electrons. The fraction of sp³-hybridized carbons (Fsp3) is 1.00. The van der Waals surface area contributed by atoms with Gasteiger partial charge in [-0.1, -0.05) is 0 Å². The maximum Gasteiger partial charge on any atom is 0.345 e. The molecular weight excluding hydrogens is 214 g/mol. The van der Waals surface area contributed by atoms with Crippen molar-refractivity contribution in [1.82, 2.24) is 4.90 Å². The van der Waals surface area contributed by atoms with Gasteiger partial charge in [-0.15, -0.1) is 12.4 Å². The summed E-state index contributed by atoms with van der Waals surface area (Å²) in [7, 11) is 0. The van der Waals surface area contributed by atoms with Crippen LogP contribution >= 0.6 is 12.4 Å². The standard InChI is InChI=1S/C8H16F2N2O.ClH/c9-8(10)13-5-4-12-3-1-2-7(11)6-12;/h7-8H,1-6,11H2;1H. The van der Waals surface area contributed by atoms with E-state index in [0.29, 0.717) is 6.54 Å². The van der Waals surface area contributed by atoms with Crippen LogP contribution in [0.3, 0.4) is 0 Å². The quantitative estimate of drug-likeness (QED) is 0.785. The highest BCUT2D eigenvalue weighted by atomic mass is 35.5. The van der Waals surface area contributed by atoms with E-state index in [1.165, 1.54) is 0 Å². The Labute approximate surface area is 89.0 Å². The first-order chi connectivity index (χ1) is 6.18. The molecule has 3 nitrogen and oxygen atoms in total. The van der Waals surface area contributed by atoms with E-state index >= 15 is 0 Å². The van der Waals surface area contributed by atoms with Crippen molar-refractivity contribution < 1.29 is 13.5 Å². The number of likely N-dealkylation sites (tertiary alicyclic amines) is 1. The zero-order valence-corrected chi connectivity index (χ0v) is 8.81. The minimum absolute atomic E-state index is 0. The predicted octanol–water partition coefficient (Wildman–Crippen LogP) is 1.07. The second kappa shape index (κ2) is 7.34. The van der Waals surface area contributed by atoms with E-state index < -0.39 is 6.61 Å². The van der Waals surface area contributed by atoms with Crippen molar-refractivity contribution in [2.75, 3.05) is 26.2 Å². The molecule has 0 bridgehead atoms. The average molecular weight is 231 g/mol. The van der Waals surface area contributed by atoms with E-state index in [9.17, 15) is 8.78 Å². The van der Waals surface area contributed by atoms with Crippen LogP contribution in [0.5, 0.6) is 0 Å². The molecule has 1 aliphatic heterocycles. The molecule has 2 N–H and O–H groups in total. The molecule has 0 spiro atoms. The first-order valence-corrected chi connectivity index (χ1v) is 4.56. The van der Waals surface area contributed by atoms with Gasteiger partial charge in [0.25, 0.3) is 0 Å². The number of hydrogen-bond acceptors (Lipinski definition) is 3. The van der Waals surface area contributed by atoms with E-state index in [-0.39, 0.29) is 25.1 Å². The van der Waals surface area contributed by atoms with Gasteiger partial charge in [-0.3, -0.25) is 4.90 Å². The smallest absolute Gasteiger partial charge is 0.327 e. The second-order valence-corrected chi connectivity index (χ2v) is 3.33. The lowest BCUT2D eigenvalue weighted by Gasteiger charge is -2.30. The minimum Gasteiger partial charge on any atom is -0.327 e. The Balaban J connectivity index is 0.00000169. The van der Waals surface area contributed by atoms with Gasteiger partial charge < -0.3 is 10.5 Å². The summed E-state index contributed by atoms with van der Waals surface area (Å²) in [6, 6.07) is 0.195. The summed E-state index contributed by atoms with van der Waals surface area (Å²) in [4.78, 5) is 2.07. The molecule has 0 aromatic rings. The largest absolute Gasteiger partial charge is 0.345 e. The molecule has 6 heteroatoms. The number of ether oxygens (including phenoxy) is 1. The van der Waals surface area contributed by atoms with Crippen molar-refractivity contribution in [3.8, 4) is 0 Å². The van der Waals surface area contributed by atoms with Crippen LogP contribution in [0.4, 0.5) is 8.78 Å². The van der Waals surface area contributed by atoms with Crippen molar-refractivity contribution in [2.24, 2.45) is 5.73 Å². The highest BCUT2D eigenvalue weighted by molar-refractivity contribution is 5.85. The lowest BCUT2D eigenvalue weighted by Crippen LogP contribution is -2.44. The molecule has 1 fully saturated rings. The average Bonchev–Trinajstić information content (AvgIpc) is 2.03. The number of hydrogen-bond donors (Lipinski definition) is 1. The predicted molar refractivity (Wildman–Crippen MR) is 52.9 cm³/mol. The first kappa shape index (κ1) is 14.0. The van der Waals surface area contributed by atoms with Gasteiger partial charge in [0.2, 0.25) is 0 Å². The fourth-order valence-corrected chi connectivity index (χ4v) is 1.57. The summed E-state index contributed by atoms with van der Waals surface area (Å²) in [5, 5.41) is 0. The van der Waals surface area contributed by atoms with Gasteiger partial charge in [0, 0.05) is 19.1 Å². The summed E-state index contributed by atoms with van der Waals surface area (Å²) in [5.74, 6) is 0. The van der Waals surface area contributed by atoms with E-state index in [2.05, 4.69) is 9.64 Å². The molecule has 86 valence electrons. The van der Waals surface area contributed by atoms with Crippen molar-refractivity contribution in [2.45, 2.75) is 25.5 Å². The maximum absolute atomic E-state index is 11.6. The van der Waals surface area contributed by atoms with Crippen LogP contribution in [0, 0.1) is 0 Å². The molecule has 14 heavy (non-hydrogen) atoms. The Morgan fingerprint density at radius 2 is 2.21 bits per heavy atom. The summed E-state index contributed by atoms with van der Waals surface area (Å²) in [6.07, 6.45) is 2.09. The molecule has 1 rings (SSSR count). The van der Waals surface area contributed by atoms with Crippen LogP contribution in [0.15, 0.2) is 0 Å². The molecule has 0 amide bonds. The number of nitrogens with zero attached hydrogens (tertiary/aromatic N) is 1. The number of rotatable bonds is 4. The molecule has 1 unspecified atom stereocenters. The van der Waals surface area contributed by atoms with E-state index in [0.717, 1.165) is 25.9 Å². The highest BCUT2D eigenvalue weighted by Gasteiger charge is 2.16. The van der Waals surface area contributed by atoms with E-state index in [1.54, 1.807) is 0 Å². The topological polar surface area (TPSA) is 38.5 Å². The third kappa shape index (κ3) is 5.70. The van der Waals surface area contributed by atoms with Crippen LogP contribution in [0.2, 0.25) is 0 Å². The lowest BCUT2D eigenvalue weighted by molar-refractivity contribution is -0.132. The molecule has 1 heterocycles. The Hall–Kier alpha value is 0.0300. The summed E-state index contributed by atoms with van der Waals surface area (Å²) in [6.45, 7) is -0.270. The van der Waals surface area contributed by atoms with Crippen LogP contribution in [-0.2, 0) is 4.74 Å². The molecule has 0 aliphatic carbocycles. The summed E-state index contributed by atoms with van der Waals surface area (Å²) >= 11 is 0. The van der Waals surface area contributed by atoms with Crippen molar-refractivity contribution in [3.63, 3.8) is 0 Å². The molecule has 1 atom stereocenters. The Kier molecular flexibility index (Phi) is 7.35. The molecule has 1 saturated heterocycles. The molecule has 0 aromatic carbocycles. The number of nitrogens with two attached hydrogens (primary N) is 1. The van der Waals surface area contributed by atoms with Crippen molar-refractivity contribution >= 4 is 12.4 Å². The van der Waals surface area contributed by atoms with Crippen LogP contribution in [0.25, 0.3) is 0 Å². The summed E-state index contributed by atoms with van der Waals surface area (Å²) < 4.78 is 27.4. The zero-order valence-electron chi connectivity index (χ0n) is 7.99. The van der Waals surface area contributed by atoms with Gasteiger partial charge in [-0.2, -0.15) is 8.78 Å². The fourth-order valence-electron chi connectivity index (χ4n) is 1.57. The monoisotopic (exact) mass is 230 g/mol. The van der Waals surface area contributed by atoms with Gasteiger partial charge in [-0.25, -0.2) is 0 Å². The van der Waals surface area contributed by atoms with Gasteiger partial charge in [0.05, 0.1) is 6.61 Å². The lowest BCUT2D eigenvalue weighted by atomic mass is 10.1. The number of alkyl halides is 2. The Bertz CT molecular complexity index is 151. The molecule has 0 aromatic heterocycles. The SMILES string of the molecule is Cl.NC1CCCN(CCOC(F)F)C1. The van der Waals surface area contributed by atoms with Crippen molar-refractivity contribution in [3.05, 3.63) is 0 Å². The van der Waals surface area contributed by atoms with Gasteiger partial charge in [-0.05, 0) is 19.4 Å². The van der Waals surface area contributed by atoms with Crippen LogP contribution < -0.4 is 5.73 Å². The first-order valence-electron chi connectivity index (χ1n) is 4.56. The minimum atomic E-state index is -2.65. The number of piperidine rings is 1. The number of halogens is 3. The van der Waals surface area contributed by atoms with Crippen LogP contribution in [-0.4, -0.2) is 43.8 Å². The molecular formula is C8H17ClF2N2O. The highest BCUT2D eigenvalue weighted by Crippen LogP contribution is 2.07. The van der Waals surface area contributed by atoms with Gasteiger partial charge in [0.15, 0.2) is 0 Å². The van der Waals surface area contributed by atoms with Gasteiger partial charge >= 0.3 is 6.61 Å². The van der Waals surface area contributed by atoms with Crippen LogP contribution in [0.1, 0.15) is 12.8 Å².